The molecule has 7 aromatic rings. The number of pyridine rings is 2. The minimum Gasteiger partial charge on any atom is -0.472 e. The second-order valence-electron chi connectivity index (χ2n) is 12.6. The minimum absolute atomic E-state index is 0.207. The van der Waals surface area contributed by atoms with E-state index in [0.29, 0.717) is 0 Å². The van der Waals surface area contributed by atoms with E-state index in [1.165, 1.54) is 40.1 Å². The van der Waals surface area contributed by atoms with Crippen molar-refractivity contribution in [2.45, 2.75) is 58.6 Å². The van der Waals surface area contributed by atoms with Gasteiger partial charge in [0, 0.05) is 44.7 Å². The summed E-state index contributed by atoms with van der Waals surface area (Å²) in [5, 5.41) is 4.79. The largest absolute Gasteiger partial charge is 0.472 e. The maximum Gasteiger partial charge on any atom is 0.217 e. The van der Waals surface area contributed by atoms with Gasteiger partial charge < -0.3 is 4.74 Å². The van der Waals surface area contributed by atoms with Crippen LogP contribution in [0.1, 0.15) is 48.1 Å². The predicted octanol–water partition coefficient (Wildman–Crippen LogP) is 8.68. The Balaban J connectivity index is 1.29. The number of fused-ring (bicyclic) bond motifs is 7. The third-order valence-electron chi connectivity index (χ3n) is 9.47. The molecule has 0 radical (unpaired) electrons. The molecule has 9 rings (SSSR count). The summed E-state index contributed by atoms with van der Waals surface area (Å²) in [5.74, 6) is 1.63. The molecule has 1 aliphatic heterocycles. The van der Waals surface area contributed by atoms with E-state index < -0.39 is 0 Å². The van der Waals surface area contributed by atoms with Crippen LogP contribution < -0.4 is 0 Å². The zero-order chi connectivity index (χ0) is 29.5. The molecule has 6 heteroatoms. The highest BCUT2D eigenvalue weighted by molar-refractivity contribution is 6.11. The Morgan fingerprint density at radius 2 is 1.48 bits per heavy atom. The first-order chi connectivity index (χ1) is 21.5. The lowest BCUT2D eigenvalue weighted by molar-refractivity contribution is 0.153. The molecule has 1 fully saturated rings. The Bertz CT molecular complexity index is 2320. The lowest BCUT2D eigenvalue weighted by atomic mass is 9.94. The number of aromatic nitrogens is 4. The van der Waals surface area contributed by atoms with Gasteiger partial charge in [-0.25, -0.2) is 15.0 Å². The first kappa shape index (κ1) is 25.5. The van der Waals surface area contributed by atoms with Crippen molar-refractivity contribution in [3.63, 3.8) is 0 Å². The number of nitrogens with zero attached hydrogens (tertiary/aromatic N) is 5. The van der Waals surface area contributed by atoms with Crippen LogP contribution in [0.4, 0.5) is 0 Å². The Labute approximate surface area is 255 Å². The van der Waals surface area contributed by atoms with Crippen LogP contribution in [0.25, 0.3) is 55.2 Å². The molecule has 0 saturated heterocycles. The topological polar surface area (TPSA) is 57.2 Å². The van der Waals surface area contributed by atoms with Crippen LogP contribution in [0.5, 0.6) is 0 Å². The number of aliphatic imine (C=N–C) groups is 1. The number of rotatable bonds is 3. The van der Waals surface area contributed by atoms with Crippen molar-refractivity contribution >= 4 is 49.6 Å². The van der Waals surface area contributed by atoms with E-state index in [9.17, 15) is 0 Å². The number of aryl methyl sites for hydroxylation is 3. The van der Waals surface area contributed by atoms with Crippen LogP contribution in [0.3, 0.4) is 0 Å². The summed E-state index contributed by atoms with van der Waals surface area (Å²) in [7, 11) is 0. The smallest absolute Gasteiger partial charge is 0.217 e. The highest BCUT2D eigenvalue weighted by atomic mass is 16.5. The fourth-order valence-corrected chi connectivity index (χ4v) is 7.45. The quantitative estimate of drug-likeness (QED) is 0.212. The molecule has 0 N–H and O–H groups in total. The van der Waals surface area contributed by atoms with Gasteiger partial charge in [-0.05, 0) is 101 Å². The van der Waals surface area contributed by atoms with Crippen LogP contribution in [0, 0.1) is 20.8 Å². The van der Waals surface area contributed by atoms with Crippen LogP contribution in [0.2, 0.25) is 0 Å². The maximum atomic E-state index is 6.43. The summed E-state index contributed by atoms with van der Waals surface area (Å²) in [6.45, 7) is 6.36. The van der Waals surface area contributed by atoms with E-state index in [4.69, 9.17) is 19.7 Å². The monoisotopic (exact) mass is 575 g/mol. The second kappa shape index (κ2) is 9.52. The molecule has 1 aliphatic carbocycles. The van der Waals surface area contributed by atoms with Crippen molar-refractivity contribution in [1.29, 1.82) is 0 Å². The van der Waals surface area contributed by atoms with Crippen molar-refractivity contribution < 1.29 is 4.74 Å². The van der Waals surface area contributed by atoms with E-state index >= 15 is 0 Å². The van der Waals surface area contributed by atoms with E-state index in [2.05, 4.69) is 103 Å². The van der Waals surface area contributed by atoms with Gasteiger partial charge in [-0.2, -0.15) is 0 Å². The molecule has 2 atom stereocenters. The van der Waals surface area contributed by atoms with Crippen LogP contribution in [-0.4, -0.2) is 37.1 Å². The second-order valence-corrected chi connectivity index (χ2v) is 12.6. The van der Waals surface area contributed by atoms with Gasteiger partial charge in [0.2, 0.25) is 5.90 Å². The molecule has 2 aliphatic rings. The lowest BCUT2D eigenvalue weighted by Crippen LogP contribution is -2.26. The Kier molecular flexibility index (Phi) is 5.52. The molecule has 1 saturated carbocycles. The van der Waals surface area contributed by atoms with Crippen molar-refractivity contribution in [3.8, 4) is 11.5 Å². The van der Waals surface area contributed by atoms with Crippen molar-refractivity contribution in [2.75, 3.05) is 0 Å². The molecule has 5 heterocycles. The zero-order valence-electron chi connectivity index (χ0n) is 25.2. The number of benzene rings is 3. The SMILES string of the molecule is Cc1ccc2c(c1)c1ccc(-n3c4ccc(C)cc4c4cccnc43)cc1n2-c1cc(C2=N[C@H]3CCCC[C@@H]3O2)cc(C)n1. The first-order valence-electron chi connectivity index (χ1n) is 15.7. The van der Waals surface area contributed by atoms with Gasteiger partial charge in [0.25, 0.3) is 0 Å². The Morgan fingerprint density at radius 1 is 0.705 bits per heavy atom. The first-order valence-corrected chi connectivity index (χ1v) is 15.7. The molecule has 0 bridgehead atoms. The van der Waals surface area contributed by atoms with E-state index in [1.54, 1.807) is 0 Å². The van der Waals surface area contributed by atoms with Gasteiger partial charge in [0.15, 0.2) is 0 Å². The maximum absolute atomic E-state index is 6.43. The number of ether oxygens (including phenoxy) is 1. The summed E-state index contributed by atoms with van der Waals surface area (Å²) in [4.78, 5) is 15.0. The third-order valence-corrected chi connectivity index (χ3v) is 9.47. The number of hydrogen-bond donors (Lipinski definition) is 0. The standard InChI is InChI=1S/C38H33N5O/c1-22-11-15-33-29(17-22)27-13-12-26(42-32-14-10-23(2)18-30(32)28-7-6-16-39-37(28)42)21-34(27)43(33)36-20-25(19-24(3)40-36)38-41-31-8-4-5-9-35(31)44-38/h6-7,10-21,31,35H,4-5,8-9H2,1-3H3/t31-,35-/m0/s1. The van der Waals surface area contributed by atoms with E-state index in [-0.39, 0.29) is 12.1 Å². The molecular formula is C38H33N5O. The zero-order valence-corrected chi connectivity index (χ0v) is 25.2. The van der Waals surface area contributed by atoms with Gasteiger partial charge in [-0.3, -0.25) is 9.13 Å². The Morgan fingerprint density at radius 3 is 2.30 bits per heavy atom. The number of hydrogen-bond acceptors (Lipinski definition) is 4. The third kappa shape index (κ3) is 3.83. The van der Waals surface area contributed by atoms with Crippen molar-refractivity contribution in [3.05, 3.63) is 107 Å². The summed E-state index contributed by atoms with van der Waals surface area (Å²) < 4.78 is 11.0. The Hall–Kier alpha value is -4.97. The predicted molar refractivity (Wildman–Crippen MR) is 179 cm³/mol. The van der Waals surface area contributed by atoms with Gasteiger partial charge in [0.05, 0.1) is 22.6 Å². The molecule has 0 unspecified atom stereocenters. The van der Waals surface area contributed by atoms with Gasteiger partial charge in [-0.15, -0.1) is 0 Å². The average molecular weight is 576 g/mol. The molecule has 0 amide bonds. The van der Waals surface area contributed by atoms with Gasteiger partial charge >= 0.3 is 0 Å². The molecule has 44 heavy (non-hydrogen) atoms. The molecule has 3 aromatic carbocycles. The summed E-state index contributed by atoms with van der Waals surface area (Å²) in [5.41, 5.74) is 9.83. The molecule has 216 valence electrons. The van der Waals surface area contributed by atoms with E-state index in [1.807, 2.05) is 12.3 Å². The van der Waals surface area contributed by atoms with Gasteiger partial charge in [0.1, 0.15) is 17.6 Å². The van der Waals surface area contributed by atoms with Crippen molar-refractivity contribution in [1.82, 2.24) is 19.1 Å². The fourth-order valence-electron chi connectivity index (χ4n) is 7.45. The highest BCUT2D eigenvalue weighted by Gasteiger charge is 2.33. The normalized spacial score (nSPS) is 18.3. The van der Waals surface area contributed by atoms with Crippen LogP contribution in [0.15, 0.2) is 90.1 Å². The lowest BCUT2D eigenvalue weighted by Gasteiger charge is -2.22. The van der Waals surface area contributed by atoms with Gasteiger partial charge in [-0.1, -0.05) is 35.7 Å². The molecule has 0 spiro atoms. The minimum atomic E-state index is 0.207. The van der Waals surface area contributed by atoms with Crippen molar-refractivity contribution in [2.24, 2.45) is 4.99 Å². The van der Waals surface area contributed by atoms with Crippen LogP contribution in [-0.2, 0) is 4.74 Å². The molecule has 6 nitrogen and oxygen atoms in total. The van der Waals surface area contributed by atoms with Crippen LogP contribution >= 0.6 is 0 Å². The molecular weight excluding hydrogens is 542 g/mol. The average Bonchev–Trinajstić information content (AvgIpc) is 3.70. The fraction of sp³-hybridized carbons (Fsp3) is 0.237. The summed E-state index contributed by atoms with van der Waals surface area (Å²) in [6, 6.07) is 28.8. The summed E-state index contributed by atoms with van der Waals surface area (Å²) in [6.07, 6.45) is 6.72. The summed E-state index contributed by atoms with van der Waals surface area (Å²) >= 11 is 0. The van der Waals surface area contributed by atoms with E-state index in [0.717, 1.165) is 69.1 Å². The molecule has 4 aromatic heterocycles. The highest BCUT2D eigenvalue weighted by Crippen LogP contribution is 2.37.